The highest BCUT2D eigenvalue weighted by Crippen LogP contribution is 2.63. The van der Waals surface area contributed by atoms with Crippen molar-refractivity contribution in [2.75, 3.05) is 5.32 Å². The summed E-state index contributed by atoms with van der Waals surface area (Å²) >= 11 is 0. The fourth-order valence-electron chi connectivity index (χ4n) is 7.95. The Morgan fingerprint density at radius 1 is 0.811 bits per heavy atom. The average molecular weight is 488 g/mol. The van der Waals surface area contributed by atoms with Gasteiger partial charge in [0.1, 0.15) is 11.7 Å². The highest BCUT2D eigenvalue weighted by molar-refractivity contribution is 6.26. The summed E-state index contributed by atoms with van der Waals surface area (Å²) in [5.74, 6) is 5.98. The molecule has 7 aliphatic rings. The Kier molecular flexibility index (Phi) is 4.20. The molecule has 5 heteroatoms. The van der Waals surface area contributed by atoms with Gasteiger partial charge in [0.05, 0.1) is 0 Å². The molecule has 0 spiro atoms. The quantitative estimate of drug-likeness (QED) is 0.432. The lowest BCUT2D eigenvalue weighted by Gasteiger charge is -2.57. The number of aliphatic imine (C=N–C) groups is 2. The Bertz CT molecular complexity index is 1540. The van der Waals surface area contributed by atoms with Gasteiger partial charge in [0, 0.05) is 23.5 Å². The SMILES string of the molecule is CC1(C)[C@H]2Cc3cc(N=C4N=C(Nc5cc6c(cn5)[C@@H]5C[C@H](C6)C5(C)C)c5ccccc54)ncc3[C@@H]1C2. The zero-order valence-electron chi connectivity index (χ0n) is 22.0. The van der Waals surface area contributed by atoms with Crippen molar-refractivity contribution in [3.63, 3.8) is 0 Å². The lowest BCUT2D eigenvalue weighted by molar-refractivity contribution is 0.0183. The molecule has 0 amide bonds. The molecule has 1 aromatic carbocycles. The maximum atomic E-state index is 4.94. The molecule has 10 rings (SSSR count). The maximum absolute atomic E-state index is 4.94. The number of amidine groups is 2. The molecule has 0 saturated heterocycles. The summed E-state index contributed by atoms with van der Waals surface area (Å²) in [6.07, 6.45) is 9.06. The topological polar surface area (TPSA) is 62.5 Å². The Balaban J connectivity index is 1.11. The monoisotopic (exact) mass is 487 g/mol. The highest BCUT2D eigenvalue weighted by Gasteiger charge is 2.53. The van der Waals surface area contributed by atoms with E-state index in [1.807, 2.05) is 6.07 Å². The van der Waals surface area contributed by atoms with Crippen LogP contribution < -0.4 is 5.32 Å². The van der Waals surface area contributed by atoms with E-state index >= 15 is 0 Å². The molecule has 0 unspecified atom stereocenters. The van der Waals surface area contributed by atoms with Crippen molar-refractivity contribution in [3.05, 3.63) is 82.2 Å². The molecule has 1 N–H and O–H groups in total. The van der Waals surface area contributed by atoms with Crippen molar-refractivity contribution in [1.29, 1.82) is 0 Å². The van der Waals surface area contributed by atoms with E-state index in [1.165, 1.54) is 35.1 Å². The molecule has 37 heavy (non-hydrogen) atoms. The number of anilines is 1. The number of rotatable bonds is 2. The third kappa shape index (κ3) is 2.97. The van der Waals surface area contributed by atoms with E-state index in [4.69, 9.17) is 20.0 Å². The molecular weight excluding hydrogens is 454 g/mol. The molecule has 0 radical (unpaired) electrons. The smallest absolute Gasteiger partial charge is 0.164 e. The van der Waals surface area contributed by atoms with Gasteiger partial charge in [-0.15, -0.1) is 0 Å². The molecule has 4 bridgehead atoms. The number of pyridine rings is 2. The Morgan fingerprint density at radius 2 is 1.43 bits per heavy atom. The first kappa shape index (κ1) is 21.7. The summed E-state index contributed by atoms with van der Waals surface area (Å²) in [6.45, 7) is 9.63. The van der Waals surface area contributed by atoms with E-state index in [9.17, 15) is 0 Å². The van der Waals surface area contributed by atoms with Crippen molar-refractivity contribution in [3.8, 4) is 0 Å². The van der Waals surface area contributed by atoms with Crippen molar-refractivity contribution in [1.82, 2.24) is 9.97 Å². The zero-order valence-corrected chi connectivity index (χ0v) is 22.0. The Labute approximate surface area is 218 Å². The number of benzene rings is 1. The first-order chi connectivity index (χ1) is 17.8. The molecule has 186 valence electrons. The van der Waals surface area contributed by atoms with E-state index < -0.39 is 0 Å². The van der Waals surface area contributed by atoms with Gasteiger partial charge in [-0.1, -0.05) is 52.0 Å². The van der Waals surface area contributed by atoms with Crippen LogP contribution in [0.25, 0.3) is 0 Å². The molecule has 3 heterocycles. The summed E-state index contributed by atoms with van der Waals surface area (Å²) in [5.41, 5.74) is 8.63. The lowest BCUT2D eigenvalue weighted by atomic mass is 9.48. The van der Waals surface area contributed by atoms with Crippen LogP contribution in [0.5, 0.6) is 0 Å². The number of aromatic nitrogens is 2. The predicted octanol–water partition coefficient (Wildman–Crippen LogP) is 6.80. The van der Waals surface area contributed by atoms with Crippen LogP contribution >= 0.6 is 0 Å². The summed E-state index contributed by atoms with van der Waals surface area (Å²) in [7, 11) is 0. The van der Waals surface area contributed by atoms with Gasteiger partial charge in [-0.05, 0) is 94.6 Å². The van der Waals surface area contributed by atoms with Crippen molar-refractivity contribution < 1.29 is 0 Å². The second-order valence-electron chi connectivity index (χ2n) is 13.1. The third-order valence-corrected chi connectivity index (χ3v) is 10.8. The van der Waals surface area contributed by atoms with Gasteiger partial charge >= 0.3 is 0 Å². The molecule has 5 nitrogen and oxygen atoms in total. The van der Waals surface area contributed by atoms with Crippen LogP contribution in [-0.4, -0.2) is 21.6 Å². The van der Waals surface area contributed by atoms with E-state index in [0.717, 1.165) is 53.3 Å². The molecule has 2 saturated carbocycles. The van der Waals surface area contributed by atoms with Crippen molar-refractivity contribution >= 4 is 23.3 Å². The molecule has 2 aromatic heterocycles. The fourth-order valence-corrected chi connectivity index (χ4v) is 7.95. The van der Waals surface area contributed by atoms with Gasteiger partial charge in [0.15, 0.2) is 11.7 Å². The minimum atomic E-state index is 0.402. The number of fused-ring (bicyclic) bond motifs is 1. The van der Waals surface area contributed by atoms with E-state index in [-0.39, 0.29) is 0 Å². The molecule has 4 atom stereocenters. The number of hydrogen-bond donors (Lipinski definition) is 1. The normalized spacial score (nSPS) is 29.8. The zero-order chi connectivity index (χ0) is 25.1. The largest absolute Gasteiger partial charge is 0.324 e. The standard InChI is InChI=1S/C32H33N5/c1-31(2)19-9-17-11-27(33-15-23(17)25(31)13-19)35-29-21-7-5-6-8-22(21)30(37-29)36-28-12-18-10-20-14-26(32(20,3)4)24(18)16-34-28/h5-8,11-12,15-16,19-20,25-26H,9-10,13-14H2,1-4H3,(H,33,34,35,36,37)/t19-,20-,25-,26-/m0/s1. The lowest BCUT2D eigenvalue weighted by Crippen LogP contribution is -2.48. The van der Waals surface area contributed by atoms with E-state index in [1.54, 1.807) is 0 Å². The highest BCUT2D eigenvalue weighted by atomic mass is 15.1. The van der Waals surface area contributed by atoms with Crippen molar-refractivity contribution in [2.24, 2.45) is 32.7 Å². The van der Waals surface area contributed by atoms with Crippen LogP contribution in [-0.2, 0) is 12.8 Å². The first-order valence-corrected chi connectivity index (χ1v) is 13.8. The number of nitrogens with one attached hydrogen (secondary N) is 1. The van der Waals surface area contributed by atoms with Gasteiger partial charge in [-0.3, -0.25) is 0 Å². The Hall–Kier alpha value is -3.34. The van der Waals surface area contributed by atoms with Gasteiger partial charge < -0.3 is 5.32 Å². The molecule has 6 aliphatic carbocycles. The molecular formula is C32H33N5. The molecule has 1 aliphatic heterocycles. The van der Waals surface area contributed by atoms with Crippen LogP contribution in [0.1, 0.15) is 85.8 Å². The van der Waals surface area contributed by atoms with Crippen LogP contribution in [0, 0.1) is 22.7 Å². The predicted molar refractivity (Wildman–Crippen MR) is 148 cm³/mol. The first-order valence-electron chi connectivity index (χ1n) is 13.8. The summed E-state index contributed by atoms with van der Waals surface area (Å²) in [6, 6.07) is 12.7. The minimum Gasteiger partial charge on any atom is -0.324 e. The molecule has 2 fully saturated rings. The van der Waals surface area contributed by atoms with Crippen molar-refractivity contribution in [2.45, 2.75) is 65.2 Å². The van der Waals surface area contributed by atoms with Crippen LogP contribution in [0.3, 0.4) is 0 Å². The minimum absolute atomic E-state index is 0.402. The Morgan fingerprint density at radius 3 is 2.11 bits per heavy atom. The van der Waals surface area contributed by atoms with Crippen LogP contribution in [0.15, 0.2) is 58.8 Å². The van der Waals surface area contributed by atoms with Crippen LogP contribution in [0.2, 0.25) is 0 Å². The number of nitrogens with zero attached hydrogens (tertiary/aromatic N) is 4. The second kappa shape index (κ2) is 7.15. The maximum Gasteiger partial charge on any atom is 0.164 e. The van der Waals surface area contributed by atoms with Gasteiger partial charge in [0.25, 0.3) is 0 Å². The number of hydrogen-bond acceptors (Lipinski definition) is 4. The third-order valence-electron chi connectivity index (χ3n) is 10.8. The summed E-state index contributed by atoms with van der Waals surface area (Å²) < 4.78 is 0. The average Bonchev–Trinajstić information content (AvgIpc) is 3.24. The van der Waals surface area contributed by atoms with E-state index in [2.05, 4.69) is 75.7 Å². The van der Waals surface area contributed by atoms with E-state index in [0.29, 0.717) is 28.5 Å². The summed E-state index contributed by atoms with van der Waals surface area (Å²) in [5, 5.41) is 3.52. The second-order valence-corrected chi connectivity index (χ2v) is 13.1. The fraction of sp³-hybridized carbons (Fsp3) is 0.438. The summed E-state index contributed by atoms with van der Waals surface area (Å²) in [4.78, 5) is 19.4. The van der Waals surface area contributed by atoms with Gasteiger partial charge in [0.2, 0.25) is 0 Å². The molecule has 3 aromatic rings. The van der Waals surface area contributed by atoms with Gasteiger partial charge in [-0.25, -0.2) is 20.0 Å². The van der Waals surface area contributed by atoms with Gasteiger partial charge in [-0.2, -0.15) is 0 Å². The van der Waals surface area contributed by atoms with Crippen LogP contribution in [0.4, 0.5) is 11.6 Å².